The zero-order valence-electron chi connectivity index (χ0n) is 9.81. The summed E-state index contributed by atoms with van der Waals surface area (Å²) in [4.78, 5) is 3.42. The lowest BCUT2D eigenvalue weighted by atomic mass is 9.98. The predicted molar refractivity (Wildman–Crippen MR) is 65.0 cm³/mol. The van der Waals surface area contributed by atoms with E-state index in [-0.39, 0.29) is 5.54 Å². The number of nitrogens with one attached hydrogen (secondary N) is 1. The molecule has 1 aromatic carbocycles. The Balaban J connectivity index is 2.75. The third-order valence-electron chi connectivity index (χ3n) is 2.86. The van der Waals surface area contributed by atoms with Crippen LogP contribution >= 0.6 is 0 Å². The molecule has 0 bridgehead atoms. The first-order valence-electron chi connectivity index (χ1n) is 5.28. The summed E-state index contributed by atoms with van der Waals surface area (Å²) in [5, 5.41) is 1.27. The van der Waals surface area contributed by atoms with Gasteiger partial charge in [-0.3, -0.25) is 0 Å². The molecule has 0 radical (unpaired) electrons. The van der Waals surface area contributed by atoms with E-state index in [4.69, 9.17) is 5.73 Å². The number of fused-ring (bicyclic) bond motifs is 1. The van der Waals surface area contributed by atoms with Crippen LogP contribution in [0.15, 0.2) is 18.2 Å². The number of nitrogens with two attached hydrogens (primary N) is 1. The highest BCUT2D eigenvalue weighted by Gasteiger charge is 2.20. The molecule has 0 fully saturated rings. The SMILES string of the molecule is Cc1ccc2c(C)c(C(C)(C)N)[nH]c2c1. The van der Waals surface area contributed by atoms with E-state index in [9.17, 15) is 0 Å². The Labute approximate surface area is 90.5 Å². The van der Waals surface area contributed by atoms with E-state index in [0.29, 0.717) is 0 Å². The lowest BCUT2D eigenvalue weighted by Crippen LogP contribution is -2.29. The van der Waals surface area contributed by atoms with Crippen molar-refractivity contribution in [2.45, 2.75) is 33.2 Å². The van der Waals surface area contributed by atoms with Crippen molar-refractivity contribution in [2.75, 3.05) is 0 Å². The number of benzene rings is 1. The molecule has 2 aromatic rings. The first kappa shape index (κ1) is 10.2. The van der Waals surface area contributed by atoms with Gasteiger partial charge in [-0.25, -0.2) is 0 Å². The normalized spacial score (nSPS) is 12.3. The van der Waals surface area contributed by atoms with E-state index < -0.39 is 0 Å². The third-order valence-corrected chi connectivity index (χ3v) is 2.86. The quantitative estimate of drug-likeness (QED) is 0.733. The average Bonchev–Trinajstić information content (AvgIpc) is 2.42. The van der Waals surface area contributed by atoms with Gasteiger partial charge in [-0.2, -0.15) is 0 Å². The topological polar surface area (TPSA) is 41.8 Å². The highest BCUT2D eigenvalue weighted by Crippen LogP contribution is 2.28. The summed E-state index contributed by atoms with van der Waals surface area (Å²) in [6.07, 6.45) is 0. The van der Waals surface area contributed by atoms with E-state index in [1.165, 1.54) is 22.0 Å². The third kappa shape index (κ3) is 1.65. The fraction of sp³-hybridized carbons (Fsp3) is 0.385. The Kier molecular flexibility index (Phi) is 2.12. The second-order valence-electron chi connectivity index (χ2n) is 4.90. The first-order valence-corrected chi connectivity index (χ1v) is 5.28. The maximum absolute atomic E-state index is 6.13. The molecular formula is C13H18N2. The van der Waals surface area contributed by atoms with Gasteiger partial charge >= 0.3 is 0 Å². The molecule has 2 heteroatoms. The molecule has 80 valence electrons. The second kappa shape index (κ2) is 3.11. The fourth-order valence-electron chi connectivity index (χ4n) is 2.10. The number of H-pyrrole nitrogens is 1. The molecule has 2 rings (SSSR count). The number of aryl methyl sites for hydroxylation is 2. The summed E-state index contributed by atoms with van der Waals surface area (Å²) in [6.45, 7) is 8.27. The molecular weight excluding hydrogens is 184 g/mol. The minimum absolute atomic E-state index is 0.309. The van der Waals surface area contributed by atoms with Gasteiger partial charge in [0.25, 0.3) is 0 Å². The number of rotatable bonds is 1. The predicted octanol–water partition coefficient (Wildman–Crippen LogP) is 2.98. The van der Waals surface area contributed by atoms with Crippen LogP contribution in [0.5, 0.6) is 0 Å². The summed E-state index contributed by atoms with van der Waals surface area (Å²) in [5.41, 5.74) is 10.7. The molecule has 3 N–H and O–H groups in total. The molecule has 0 saturated carbocycles. The van der Waals surface area contributed by atoms with Crippen molar-refractivity contribution in [2.24, 2.45) is 5.73 Å². The van der Waals surface area contributed by atoms with E-state index in [1.54, 1.807) is 0 Å². The number of hydrogen-bond donors (Lipinski definition) is 2. The van der Waals surface area contributed by atoms with Crippen molar-refractivity contribution >= 4 is 10.9 Å². The van der Waals surface area contributed by atoms with E-state index in [1.807, 2.05) is 13.8 Å². The Bertz CT molecular complexity index is 501. The van der Waals surface area contributed by atoms with Crippen molar-refractivity contribution in [3.63, 3.8) is 0 Å². The minimum atomic E-state index is -0.309. The van der Waals surface area contributed by atoms with Gasteiger partial charge in [-0.05, 0) is 44.9 Å². The van der Waals surface area contributed by atoms with Gasteiger partial charge in [0.15, 0.2) is 0 Å². The second-order valence-corrected chi connectivity index (χ2v) is 4.90. The van der Waals surface area contributed by atoms with Gasteiger partial charge in [0.05, 0.1) is 5.54 Å². The zero-order chi connectivity index (χ0) is 11.2. The number of aromatic amines is 1. The zero-order valence-corrected chi connectivity index (χ0v) is 9.81. The monoisotopic (exact) mass is 202 g/mol. The van der Waals surface area contributed by atoms with E-state index in [0.717, 1.165) is 5.69 Å². The molecule has 1 heterocycles. The van der Waals surface area contributed by atoms with Gasteiger partial charge in [0.2, 0.25) is 0 Å². The summed E-state index contributed by atoms with van der Waals surface area (Å²) in [5.74, 6) is 0. The van der Waals surface area contributed by atoms with Crippen molar-refractivity contribution in [3.8, 4) is 0 Å². The maximum atomic E-state index is 6.13. The van der Waals surface area contributed by atoms with Crippen molar-refractivity contribution in [1.82, 2.24) is 4.98 Å². The largest absolute Gasteiger partial charge is 0.357 e. The standard InChI is InChI=1S/C13H18N2/c1-8-5-6-10-9(2)12(13(3,4)14)15-11(10)7-8/h5-7,15H,14H2,1-4H3. The van der Waals surface area contributed by atoms with Crippen LogP contribution in [0, 0.1) is 13.8 Å². The van der Waals surface area contributed by atoms with Crippen LogP contribution in [0.2, 0.25) is 0 Å². The summed E-state index contributed by atoms with van der Waals surface area (Å²) < 4.78 is 0. The van der Waals surface area contributed by atoms with Crippen LogP contribution in [0.4, 0.5) is 0 Å². The molecule has 0 atom stereocenters. The van der Waals surface area contributed by atoms with Crippen LogP contribution in [0.3, 0.4) is 0 Å². The summed E-state index contributed by atoms with van der Waals surface area (Å²) in [7, 11) is 0. The van der Waals surface area contributed by atoms with E-state index >= 15 is 0 Å². The van der Waals surface area contributed by atoms with Gasteiger partial charge in [0, 0.05) is 16.6 Å². The van der Waals surface area contributed by atoms with Crippen LogP contribution in [-0.2, 0) is 5.54 Å². The first-order chi connectivity index (χ1) is 6.89. The van der Waals surface area contributed by atoms with Crippen LogP contribution in [0.25, 0.3) is 10.9 Å². The molecule has 2 nitrogen and oxygen atoms in total. The summed E-state index contributed by atoms with van der Waals surface area (Å²) in [6, 6.07) is 6.46. The smallest absolute Gasteiger partial charge is 0.0507 e. The Morgan fingerprint density at radius 3 is 2.47 bits per heavy atom. The molecule has 0 aliphatic rings. The van der Waals surface area contributed by atoms with Crippen LogP contribution < -0.4 is 5.73 Å². The molecule has 0 aliphatic heterocycles. The van der Waals surface area contributed by atoms with Crippen molar-refractivity contribution in [1.29, 1.82) is 0 Å². The van der Waals surface area contributed by atoms with Gasteiger partial charge < -0.3 is 10.7 Å². The molecule has 0 spiro atoms. The highest BCUT2D eigenvalue weighted by molar-refractivity contribution is 5.85. The summed E-state index contributed by atoms with van der Waals surface area (Å²) >= 11 is 0. The Morgan fingerprint density at radius 2 is 1.87 bits per heavy atom. The van der Waals surface area contributed by atoms with Crippen molar-refractivity contribution in [3.05, 3.63) is 35.0 Å². The highest BCUT2D eigenvalue weighted by atomic mass is 14.8. The van der Waals surface area contributed by atoms with Gasteiger partial charge in [-0.15, -0.1) is 0 Å². The molecule has 1 aromatic heterocycles. The Hall–Kier alpha value is -1.28. The van der Waals surface area contributed by atoms with E-state index in [2.05, 4.69) is 37.0 Å². The Morgan fingerprint density at radius 1 is 1.20 bits per heavy atom. The lowest BCUT2D eigenvalue weighted by Gasteiger charge is -2.18. The van der Waals surface area contributed by atoms with Gasteiger partial charge in [-0.1, -0.05) is 12.1 Å². The fourth-order valence-corrected chi connectivity index (χ4v) is 2.10. The average molecular weight is 202 g/mol. The molecule has 0 amide bonds. The molecule has 0 saturated heterocycles. The molecule has 0 unspecified atom stereocenters. The number of hydrogen-bond acceptors (Lipinski definition) is 1. The minimum Gasteiger partial charge on any atom is -0.357 e. The van der Waals surface area contributed by atoms with Crippen molar-refractivity contribution < 1.29 is 0 Å². The maximum Gasteiger partial charge on any atom is 0.0507 e. The molecule has 15 heavy (non-hydrogen) atoms. The molecule has 0 aliphatic carbocycles. The number of aromatic nitrogens is 1. The van der Waals surface area contributed by atoms with Crippen LogP contribution in [0.1, 0.15) is 30.7 Å². The lowest BCUT2D eigenvalue weighted by molar-refractivity contribution is 0.536. The van der Waals surface area contributed by atoms with Gasteiger partial charge in [0.1, 0.15) is 0 Å². The van der Waals surface area contributed by atoms with Crippen LogP contribution in [-0.4, -0.2) is 4.98 Å².